The largest absolute Gasteiger partial charge is 0.207 e. The Morgan fingerprint density at radius 3 is 2.60 bits per heavy atom. The molecule has 0 heterocycles. The van der Waals surface area contributed by atoms with Crippen LogP contribution in [0.5, 0.6) is 0 Å². The minimum Gasteiger partial charge on any atom is -0.207 e. The van der Waals surface area contributed by atoms with Crippen molar-refractivity contribution >= 4 is 16.3 Å². The molecule has 0 N–H and O–H groups in total. The first-order chi connectivity index (χ1) is 12.3. The number of rotatable bonds is 1. The van der Waals surface area contributed by atoms with Gasteiger partial charge in [-0.2, -0.15) is 0 Å². The average Bonchev–Trinajstić information content (AvgIpc) is 2.67. The van der Waals surface area contributed by atoms with E-state index in [-0.39, 0.29) is 5.82 Å². The Bertz CT molecular complexity index is 1020. The van der Waals surface area contributed by atoms with Gasteiger partial charge in [-0.1, -0.05) is 66.3 Å². The van der Waals surface area contributed by atoms with E-state index in [9.17, 15) is 4.39 Å². The number of fused-ring (bicyclic) bond motifs is 4. The molecule has 1 heteroatoms. The maximum Gasteiger partial charge on any atom is 0.123 e. The van der Waals surface area contributed by atoms with E-state index in [4.69, 9.17) is 0 Å². The van der Waals surface area contributed by atoms with Gasteiger partial charge in [0, 0.05) is 5.92 Å². The average molecular weight is 326 g/mol. The highest BCUT2D eigenvalue weighted by Crippen LogP contribution is 2.47. The molecule has 2 aliphatic rings. The minimum atomic E-state index is -0.168. The van der Waals surface area contributed by atoms with Gasteiger partial charge in [0.2, 0.25) is 0 Å². The molecule has 0 fully saturated rings. The van der Waals surface area contributed by atoms with Crippen molar-refractivity contribution in [1.82, 2.24) is 0 Å². The Kier molecular flexibility index (Phi) is 3.34. The topological polar surface area (TPSA) is 0 Å². The lowest BCUT2D eigenvalue weighted by atomic mass is 9.72. The summed E-state index contributed by atoms with van der Waals surface area (Å²) in [5.41, 5.74) is 6.91. The van der Waals surface area contributed by atoms with Crippen molar-refractivity contribution in [1.29, 1.82) is 0 Å². The lowest BCUT2D eigenvalue weighted by molar-refractivity contribution is 0.625. The molecule has 3 aromatic rings. The molecule has 122 valence electrons. The lowest BCUT2D eigenvalue weighted by Crippen LogP contribution is -2.14. The van der Waals surface area contributed by atoms with E-state index >= 15 is 0 Å². The van der Waals surface area contributed by atoms with Crippen molar-refractivity contribution in [3.63, 3.8) is 0 Å². The third-order valence-electron chi connectivity index (χ3n) is 5.61. The summed E-state index contributed by atoms with van der Waals surface area (Å²) in [6, 6.07) is 20.2. The summed E-state index contributed by atoms with van der Waals surface area (Å²) in [6.07, 6.45) is 7.88. The van der Waals surface area contributed by atoms with Gasteiger partial charge in [-0.25, -0.2) is 4.39 Å². The van der Waals surface area contributed by atoms with E-state index in [2.05, 4.69) is 48.6 Å². The zero-order valence-electron chi connectivity index (χ0n) is 14.0. The first-order valence-corrected chi connectivity index (χ1v) is 8.97. The molecule has 0 bridgehead atoms. The summed E-state index contributed by atoms with van der Waals surface area (Å²) >= 11 is 0. The van der Waals surface area contributed by atoms with Gasteiger partial charge in [0.05, 0.1) is 0 Å². The van der Waals surface area contributed by atoms with Crippen LogP contribution >= 0.6 is 0 Å². The highest BCUT2D eigenvalue weighted by Gasteiger charge is 2.29. The van der Waals surface area contributed by atoms with E-state index in [1.54, 1.807) is 17.7 Å². The lowest BCUT2D eigenvalue weighted by Gasteiger charge is -2.32. The molecule has 0 amide bonds. The van der Waals surface area contributed by atoms with Crippen LogP contribution in [-0.2, 0) is 0 Å². The molecule has 3 aromatic carbocycles. The zero-order chi connectivity index (χ0) is 16.8. The Balaban J connectivity index is 1.80. The SMILES string of the molecule is Fc1ccc(C2CC3=C(C=CCC3)c3ccc4ccccc4c32)cc1. The minimum absolute atomic E-state index is 0.168. The van der Waals surface area contributed by atoms with Crippen molar-refractivity contribution in [2.75, 3.05) is 0 Å². The molecule has 0 aliphatic heterocycles. The van der Waals surface area contributed by atoms with Gasteiger partial charge in [0.15, 0.2) is 0 Å². The number of hydrogen-bond donors (Lipinski definition) is 0. The number of benzene rings is 3. The Morgan fingerprint density at radius 2 is 1.72 bits per heavy atom. The summed E-state index contributed by atoms with van der Waals surface area (Å²) < 4.78 is 13.5. The van der Waals surface area contributed by atoms with E-state index in [1.165, 1.54) is 33.0 Å². The highest BCUT2D eigenvalue weighted by molar-refractivity contribution is 5.95. The normalized spacial score (nSPS) is 19.0. The summed E-state index contributed by atoms with van der Waals surface area (Å²) in [5, 5.41) is 2.59. The van der Waals surface area contributed by atoms with Gasteiger partial charge >= 0.3 is 0 Å². The molecule has 0 aromatic heterocycles. The van der Waals surface area contributed by atoms with Crippen LogP contribution in [0, 0.1) is 5.82 Å². The second-order valence-corrected chi connectivity index (χ2v) is 7.01. The fourth-order valence-corrected chi connectivity index (χ4v) is 4.44. The predicted molar refractivity (Wildman–Crippen MR) is 102 cm³/mol. The van der Waals surface area contributed by atoms with Crippen molar-refractivity contribution in [2.24, 2.45) is 0 Å². The fraction of sp³-hybridized carbons (Fsp3) is 0.167. The fourth-order valence-electron chi connectivity index (χ4n) is 4.44. The van der Waals surface area contributed by atoms with E-state index in [1.807, 2.05) is 12.1 Å². The van der Waals surface area contributed by atoms with Gasteiger partial charge in [0.1, 0.15) is 5.82 Å². The van der Waals surface area contributed by atoms with E-state index in [0.29, 0.717) is 5.92 Å². The molecule has 0 saturated carbocycles. The van der Waals surface area contributed by atoms with E-state index < -0.39 is 0 Å². The smallest absolute Gasteiger partial charge is 0.123 e. The van der Waals surface area contributed by atoms with Gasteiger partial charge in [0.25, 0.3) is 0 Å². The van der Waals surface area contributed by atoms with Crippen LogP contribution in [0.25, 0.3) is 16.3 Å². The Morgan fingerprint density at radius 1 is 0.880 bits per heavy atom. The monoisotopic (exact) mass is 326 g/mol. The van der Waals surface area contributed by atoms with Crippen molar-refractivity contribution < 1.29 is 4.39 Å². The first kappa shape index (κ1) is 14.7. The summed E-state index contributed by atoms with van der Waals surface area (Å²) in [6.45, 7) is 0. The van der Waals surface area contributed by atoms with Gasteiger partial charge in [-0.3, -0.25) is 0 Å². The van der Waals surface area contributed by atoms with Crippen LogP contribution in [0.4, 0.5) is 4.39 Å². The molecule has 5 rings (SSSR count). The molecule has 0 saturated heterocycles. The standard InChI is InChI=1S/C24H19F/c25-19-12-9-17(10-13-19)23-15-18-6-2-3-7-20(18)22-14-11-16-5-1-4-8-21(16)24(22)23/h1,3-5,7-14,23H,2,6,15H2. The molecule has 25 heavy (non-hydrogen) atoms. The maximum atomic E-state index is 13.5. The molecule has 1 unspecified atom stereocenters. The second-order valence-electron chi connectivity index (χ2n) is 7.01. The molecule has 1 atom stereocenters. The number of hydrogen-bond acceptors (Lipinski definition) is 0. The molecule has 2 aliphatic carbocycles. The summed E-state index contributed by atoms with van der Waals surface area (Å²) in [7, 11) is 0. The Hall–Kier alpha value is -2.67. The van der Waals surface area contributed by atoms with Crippen LogP contribution in [-0.4, -0.2) is 0 Å². The number of allylic oxidation sites excluding steroid dienone is 4. The first-order valence-electron chi connectivity index (χ1n) is 8.97. The van der Waals surface area contributed by atoms with Gasteiger partial charge in [-0.15, -0.1) is 0 Å². The zero-order valence-corrected chi connectivity index (χ0v) is 14.0. The van der Waals surface area contributed by atoms with Crippen molar-refractivity contribution in [2.45, 2.75) is 25.2 Å². The third kappa shape index (κ3) is 2.34. The molecular weight excluding hydrogens is 307 g/mol. The van der Waals surface area contributed by atoms with Crippen LogP contribution in [0.15, 0.2) is 78.4 Å². The quantitative estimate of drug-likeness (QED) is 0.471. The van der Waals surface area contributed by atoms with Gasteiger partial charge < -0.3 is 0 Å². The number of halogens is 1. The van der Waals surface area contributed by atoms with Crippen LogP contribution < -0.4 is 0 Å². The Labute approximate surface area is 147 Å². The summed E-state index contributed by atoms with van der Waals surface area (Å²) in [5.74, 6) is 0.130. The third-order valence-corrected chi connectivity index (χ3v) is 5.61. The van der Waals surface area contributed by atoms with E-state index in [0.717, 1.165) is 19.3 Å². The highest BCUT2D eigenvalue weighted by atomic mass is 19.1. The summed E-state index contributed by atoms with van der Waals surface area (Å²) in [4.78, 5) is 0. The molecule has 0 radical (unpaired) electrons. The van der Waals surface area contributed by atoms with Gasteiger partial charge in [-0.05, 0) is 64.4 Å². The predicted octanol–water partition coefficient (Wildman–Crippen LogP) is 6.62. The van der Waals surface area contributed by atoms with Crippen LogP contribution in [0.2, 0.25) is 0 Å². The molecular formula is C24H19F. The second kappa shape index (κ2) is 5.70. The van der Waals surface area contributed by atoms with Crippen LogP contribution in [0.3, 0.4) is 0 Å². The maximum absolute atomic E-state index is 13.5. The van der Waals surface area contributed by atoms with Crippen molar-refractivity contribution in [3.05, 3.63) is 101 Å². The molecule has 0 nitrogen and oxygen atoms in total. The van der Waals surface area contributed by atoms with Crippen LogP contribution in [0.1, 0.15) is 41.9 Å². The van der Waals surface area contributed by atoms with Crippen molar-refractivity contribution in [3.8, 4) is 0 Å². The molecule has 0 spiro atoms.